The highest BCUT2D eigenvalue weighted by Crippen LogP contribution is 2.43. The van der Waals surface area contributed by atoms with Crippen LogP contribution in [0.15, 0.2) is 36.5 Å². The first-order valence-corrected chi connectivity index (χ1v) is 42.3. The summed E-state index contributed by atoms with van der Waals surface area (Å²) in [6.07, 6.45) is 98.7. The van der Waals surface area contributed by atoms with Gasteiger partial charge in [0, 0.05) is 6.42 Å². The van der Waals surface area contributed by atoms with Crippen LogP contribution < -0.4 is 5.32 Å². The van der Waals surface area contributed by atoms with E-state index in [4.69, 9.17) is 9.05 Å². The first-order valence-electron chi connectivity index (χ1n) is 40.9. The summed E-state index contributed by atoms with van der Waals surface area (Å²) >= 11 is 0. The molecule has 0 saturated heterocycles. The van der Waals surface area contributed by atoms with Crippen molar-refractivity contribution < 1.29 is 32.9 Å². The van der Waals surface area contributed by atoms with Crippen molar-refractivity contribution in [3.05, 3.63) is 36.5 Å². The molecule has 0 aromatic carbocycles. The lowest BCUT2D eigenvalue weighted by molar-refractivity contribution is -0.870. The van der Waals surface area contributed by atoms with Gasteiger partial charge in [-0.25, -0.2) is 4.57 Å². The number of phosphoric acid groups is 1. The van der Waals surface area contributed by atoms with Gasteiger partial charge >= 0.3 is 7.82 Å². The quantitative estimate of drug-likeness (QED) is 0.0243. The van der Waals surface area contributed by atoms with Crippen LogP contribution in [0.2, 0.25) is 0 Å². The fraction of sp³-hybridized carbons (Fsp3) is 0.915. The Morgan fingerprint density at radius 3 is 0.912 bits per heavy atom. The van der Waals surface area contributed by atoms with Crippen LogP contribution in [0.1, 0.15) is 431 Å². The van der Waals surface area contributed by atoms with Gasteiger partial charge in [0.05, 0.1) is 39.9 Å². The molecule has 8 nitrogen and oxygen atoms in total. The highest BCUT2D eigenvalue weighted by molar-refractivity contribution is 7.47. The lowest BCUT2D eigenvalue weighted by atomic mass is 10.0. The fourth-order valence-corrected chi connectivity index (χ4v) is 13.6. The topological polar surface area (TPSA) is 105 Å². The number of aliphatic hydroxyl groups excluding tert-OH is 1. The van der Waals surface area contributed by atoms with E-state index in [1.54, 1.807) is 0 Å². The molecule has 3 unspecified atom stereocenters. The maximum atomic E-state index is 13.1. The Labute approximate surface area is 569 Å². The van der Waals surface area contributed by atoms with Gasteiger partial charge < -0.3 is 19.8 Å². The average molecular weight is 1300 g/mol. The average Bonchev–Trinajstić information content (AvgIpc) is 3.59. The van der Waals surface area contributed by atoms with Crippen molar-refractivity contribution in [2.24, 2.45) is 0 Å². The molecule has 0 spiro atoms. The summed E-state index contributed by atoms with van der Waals surface area (Å²) < 4.78 is 24.0. The predicted octanol–water partition coefficient (Wildman–Crippen LogP) is 26.7. The van der Waals surface area contributed by atoms with Crippen molar-refractivity contribution in [3.8, 4) is 0 Å². The largest absolute Gasteiger partial charge is 0.472 e. The third kappa shape index (κ3) is 76.0. The van der Waals surface area contributed by atoms with Crippen LogP contribution >= 0.6 is 7.82 Å². The maximum Gasteiger partial charge on any atom is 0.472 e. The van der Waals surface area contributed by atoms with Gasteiger partial charge in [0.1, 0.15) is 13.2 Å². The number of aliphatic hydroxyl groups is 1. The van der Waals surface area contributed by atoms with E-state index in [0.29, 0.717) is 23.9 Å². The Morgan fingerprint density at radius 1 is 0.374 bits per heavy atom. The molecule has 3 N–H and O–H groups in total. The Morgan fingerprint density at radius 2 is 0.626 bits per heavy atom. The first-order chi connectivity index (χ1) is 44.5. The molecule has 0 aromatic heterocycles. The maximum absolute atomic E-state index is 13.1. The van der Waals surface area contributed by atoms with Crippen LogP contribution in [0, 0.1) is 0 Å². The Balaban J connectivity index is 3.88. The smallest absolute Gasteiger partial charge is 0.391 e. The number of nitrogens with zero attached hydrogens (tertiary/aromatic N) is 1. The zero-order chi connectivity index (χ0) is 66.2. The summed E-state index contributed by atoms with van der Waals surface area (Å²) in [5.41, 5.74) is 0. The van der Waals surface area contributed by atoms with Gasteiger partial charge in [-0.3, -0.25) is 13.8 Å². The number of amides is 1. The van der Waals surface area contributed by atoms with E-state index >= 15 is 0 Å². The number of unbranched alkanes of at least 4 members (excludes halogenated alkanes) is 58. The molecule has 0 aliphatic rings. The van der Waals surface area contributed by atoms with Gasteiger partial charge in [0.15, 0.2) is 0 Å². The molecule has 0 radical (unpaired) electrons. The minimum absolute atomic E-state index is 0.0778. The zero-order valence-electron chi connectivity index (χ0n) is 62.1. The number of carbonyl (C=O) groups excluding carboxylic acids is 1. The monoisotopic (exact) mass is 1300 g/mol. The third-order valence-corrected chi connectivity index (χ3v) is 20.1. The molecular weight excluding hydrogens is 1140 g/mol. The van der Waals surface area contributed by atoms with Gasteiger partial charge in [0.25, 0.3) is 0 Å². The molecule has 1 amide bonds. The van der Waals surface area contributed by atoms with Crippen molar-refractivity contribution in [1.82, 2.24) is 5.32 Å². The van der Waals surface area contributed by atoms with Crippen molar-refractivity contribution in [2.75, 3.05) is 40.9 Å². The van der Waals surface area contributed by atoms with Crippen molar-refractivity contribution in [2.45, 2.75) is 443 Å². The number of hydrogen-bond donors (Lipinski definition) is 3. The van der Waals surface area contributed by atoms with E-state index in [1.165, 1.54) is 353 Å². The minimum Gasteiger partial charge on any atom is -0.391 e. The third-order valence-electron chi connectivity index (χ3n) is 19.1. The molecule has 0 aliphatic heterocycles. The minimum atomic E-state index is -4.33. The predicted molar refractivity (Wildman–Crippen MR) is 401 cm³/mol. The summed E-state index contributed by atoms with van der Waals surface area (Å²) in [7, 11) is 1.64. The lowest BCUT2D eigenvalue weighted by Crippen LogP contribution is -2.46. The van der Waals surface area contributed by atoms with Gasteiger partial charge in [-0.15, -0.1) is 0 Å². The molecule has 91 heavy (non-hydrogen) atoms. The standard InChI is InChI=1S/C82H161N2O6P/c1-6-8-10-12-14-16-18-20-22-24-26-28-30-32-34-36-37-38-39-40-41-42-43-44-45-46-47-48-50-52-54-56-58-60-62-64-66-68-70-72-74-76-82(86)83-80(79-90-91(87,88)89-78-77-84(3,4)5)81(85)75-73-71-69-67-65-63-61-59-57-55-53-51-49-35-33-31-29-27-25-23-21-19-17-15-13-11-9-7-2/h18,20,24,26,30,32,80-81,85H,6-17,19,21-23,25,27-29,31,33-79H2,1-5H3,(H-,83,86,87,88)/p+1/b20-18-,26-24-,32-30-. The van der Waals surface area contributed by atoms with Gasteiger partial charge in [-0.2, -0.15) is 0 Å². The van der Waals surface area contributed by atoms with Crippen molar-refractivity contribution >= 4 is 13.7 Å². The molecule has 0 bridgehead atoms. The van der Waals surface area contributed by atoms with Gasteiger partial charge in [0.2, 0.25) is 5.91 Å². The Bertz CT molecular complexity index is 1580. The molecule has 3 atom stereocenters. The molecule has 0 fully saturated rings. The van der Waals surface area contributed by atoms with E-state index in [2.05, 4.69) is 55.6 Å². The zero-order valence-corrected chi connectivity index (χ0v) is 63.0. The Hall–Kier alpha value is -1.28. The van der Waals surface area contributed by atoms with Crippen LogP contribution in [0.5, 0.6) is 0 Å². The molecule has 0 aliphatic carbocycles. The summed E-state index contributed by atoms with van der Waals surface area (Å²) in [6, 6.07) is -0.760. The van der Waals surface area contributed by atoms with Gasteiger partial charge in [-0.05, 0) is 51.4 Å². The second kappa shape index (κ2) is 73.0. The van der Waals surface area contributed by atoms with Gasteiger partial charge in [-0.1, -0.05) is 410 Å². The second-order valence-corrected chi connectivity index (χ2v) is 31.0. The summed E-state index contributed by atoms with van der Waals surface area (Å²) in [6.45, 7) is 4.95. The number of rotatable bonds is 77. The Kier molecular flexibility index (Phi) is 72.0. The summed E-state index contributed by atoms with van der Waals surface area (Å²) in [4.78, 5) is 23.5. The fourth-order valence-electron chi connectivity index (χ4n) is 12.8. The number of quaternary nitrogens is 1. The van der Waals surface area contributed by atoms with Crippen LogP contribution in [0.4, 0.5) is 0 Å². The van der Waals surface area contributed by atoms with Crippen molar-refractivity contribution in [3.63, 3.8) is 0 Å². The van der Waals surface area contributed by atoms with E-state index < -0.39 is 20.0 Å². The van der Waals surface area contributed by atoms with Crippen LogP contribution in [-0.2, 0) is 18.4 Å². The lowest BCUT2D eigenvalue weighted by Gasteiger charge is -2.26. The number of likely N-dealkylation sites (N-methyl/N-ethyl adjacent to an activating group) is 1. The number of nitrogens with one attached hydrogen (secondary N) is 1. The summed E-state index contributed by atoms with van der Waals surface area (Å²) in [5, 5.41) is 14.2. The molecule has 0 heterocycles. The van der Waals surface area contributed by atoms with E-state index in [9.17, 15) is 19.4 Å². The number of hydrogen-bond acceptors (Lipinski definition) is 5. The highest BCUT2D eigenvalue weighted by atomic mass is 31.2. The van der Waals surface area contributed by atoms with E-state index in [1.807, 2.05) is 21.1 Å². The van der Waals surface area contributed by atoms with Crippen molar-refractivity contribution in [1.29, 1.82) is 0 Å². The summed E-state index contributed by atoms with van der Waals surface area (Å²) in [5.74, 6) is -0.134. The first kappa shape index (κ1) is 89.7. The van der Waals surface area contributed by atoms with E-state index in [-0.39, 0.29) is 19.1 Å². The molecule has 540 valence electrons. The van der Waals surface area contributed by atoms with Crippen LogP contribution in [-0.4, -0.2) is 73.4 Å². The SMILES string of the molecule is CCCCCCC/C=C\C/C=C\C/C=C\CCCCCCCCCCCCCCCCCCCCCCCCCCCCC(=O)NC(COP(=O)(O)OCC[N+](C)(C)C)C(O)CCCCCCCCCCCCCCCCCCCCCCCCCCCCCC. The second-order valence-electron chi connectivity index (χ2n) is 29.5. The number of carbonyl (C=O) groups is 1. The van der Waals surface area contributed by atoms with E-state index in [0.717, 1.165) is 51.4 Å². The number of phosphoric ester groups is 1. The molecule has 9 heteroatoms. The normalized spacial score (nSPS) is 13.6. The molecule has 0 aromatic rings. The number of allylic oxidation sites excluding steroid dienone is 6. The molecule has 0 saturated carbocycles. The molecule has 0 rings (SSSR count). The highest BCUT2D eigenvalue weighted by Gasteiger charge is 2.28. The molecular formula is C82H162N2O6P+. The van der Waals surface area contributed by atoms with Crippen LogP contribution in [0.3, 0.4) is 0 Å². The van der Waals surface area contributed by atoms with Crippen LogP contribution in [0.25, 0.3) is 0 Å².